The predicted molar refractivity (Wildman–Crippen MR) is 70.8 cm³/mol. The van der Waals surface area contributed by atoms with Crippen molar-refractivity contribution < 1.29 is 14.7 Å². The van der Waals surface area contributed by atoms with Crippen LogP contribution in [0.5, 0.6) is 11.5 Å². The van der Waals surface area contributed by atoms with Gasteiger partial charge >= 0.3 is 0 Å². The number of methoxy groups -OCH3 is 2. The zero-order valence-electron chi connectivity index (χ0n) is 10.8. The summed E-state index contributed by atoms with van der Waals surface area (Å²) in [5, 5.41) is 24.1. The van der Waals surface area contributed by atoms with E-state index in [4.69, 9.17) is 14.7 Å². The molecule has 3 aromatic rings. The Morgan fingerprint density at radius 2 is 1.95 bits per heavy atom. The van der Waals surface area contributed by atoms with E-state index in [1.807, 2.05) is 12.1 Å². The van der Waals surface area contributed by atoms with Crippen LogP contribution in [-0.2, 0) is 0 Å². The van der Waals surface area contributed by atoms with Crippen LogP contribution in [0, 0.1) is 0 Å². The van der Waals surface area contributed by atoms with Gasteiger partial charge in [-0.25, -0.2) is 0 Å². The van der Waals surface area contributed by atoms with Crippen molar-refractivity contribution in [2.75, 3.05) is 14.2 Å². The largest absolute Gasteiger partial charge is 0.493 e. The Bertz CT molecular complexity index is 812. The quantitative estimate of drug-likeness (QED) is 0.436. The molecule has 20 heavy (non-hydrogen) atoms. The lowest BCUT2D eigenvalue weighted by atomic mass is 10.1. The Balaban J connectivity index is 2.43. The SMILES string of the molecule is COc1cc2cc(/C=N/O)c3nnnn3c2cc1OC. The lowest BCUT2D eigenvalue weighted by Crippen LogP contribution is -1.98. The van der Waals surface area contributed by atoms with Gasteiger partial charge in [-0.15, -0.1) is 5.10 Å². The number of hydrogen-bond acceptors (Lipinski definition) is 7. The van der Waals surface area contributed by atoms with Gasteiger partial charge in [-0.2, -0.15) is 4.52 Å². The molecule has 0 amide bonds. The second kappa shape index (κ2) is 4.65. The third kappa shape index (κ3) is 1.69. The zero-order chi connectivity index (χ0) is 14.1. The number of benzene rings is 1. The van der Waals surface area contributed by atoms with E-state index in [0.717, 1.165) is 10.9 Å². The summed E-state index contributed by atoms with van der Waals surface area (Å²) in [6.07, 6.45) is 1.28. The Morgan fingerprint density at radius 3 is 2.65 bits per heavy atom. The monoisotopic (exact) mass is 273 g/mol. The van der Waals surface area contributed by atoms with E-state index in [9.17, 15) is 0 Å². The standard InChI is InChI=1S/C12H11N5O3/c1-19-10-4-7-3-8(6-13-18)12-14-15-16-17(12)9(7)5-11(10)20-2/h3-6,18H,1-2H3/b13-6+. The maximum absolute atomic E-state index is 8.72. The third-order valence-electron chi connectivity index (χ3n) is 3.00. The average Bonchev–Trinajstić information content (AvgIpc) is 2.96. The number of oxime groups is 1. The Kier molecular flexibility index (Phi) is 2.82. The zero-order valence-corrected chi connectivity index (χ0v) is 10.8. The van der Waals surface area contributed by atoms with E-state index in [0.29, 0.717) is 22.7 Å². The van der Waals surface area contributed by atoms with Gasteiger partial charge in [-0.1, -0.05) is 5.16 Å². The van der Waals surface area contributed by atoms with Crippen molar-refractivity contribution in [3.63, 3.8) is 0 Å². The van der Waals surface area contributed by atoms with Gasteiger partial charge < -0.3 is 14.7 Å². The van der Waals surface area contributed by atoms with Crippen molar-refractivity contribution in [3.8, 4) is 11.5 Å². The highest BCUT2D eigenvalue weighted by atomic mass is 16.5. The van der Waals surface area contributed by atoms with Gasteiger partial charge in [0.2, 0.25) is 0 Å². The first-order valence-corrected chi connectivity index (χ1v) is 5.72. The highest BCUT2D eigenvalue weighted by molar-refractivity contribution is 5.95. The fraction of sp³-hybridized carbons (Fsp3) is 0.167. The molecular weight excluding hydrogens is 262 g/mol. The molecule has 0 fully saturated rings. The fourth-order valence-corrected chi connectivity index (χ4v) is 2.10. The molecule has 0 aliphatic heterocycles. The maximum Gasteiger partial charge on any atom is 0.188 e. The summed E-state index contributed by atoms with van der Waals surface area (Å²) < 4.78 is 12.1. The molecule has 2 aromatic heterocycles. The molecule has 102 valence electrons. The van der Waals surface area contributed by atoms with Crippen molar-refractivity contribution in [3.05, 3.63) is 23.8 Å². The number of rotatable bonds is 3. The van der Waals surface area contributed by atoms with Gasteiger partial charge in [-0.05, 0) is 22.6 Å². The van der Waals surface area contributed by atoms with Crippen molar-refractivity contribution in [1.82, 2.24) is 20.0 Å². The predicted octanol–water partition coefficient (Wildman–Crippen LogP) is 1.10. The van der Waals surface area contributed by atoms with E-state index >= 15 is 0 Å². The van der Waals surface area contributed by atoms with Crippen LogP contribution in [0.2, 0.25) is 0 Å². The summed E-state index contributed by atoms with van der Waals surface area (Å²) in [4.78, 5) is 0. The first-order chi connectivity index (χ1) is 9.78. The molecule has 0 aliphatic carbocycles. The topological polar surface area (TPSA) is 94.1 Å². The van der Waals surface area contributed by atoms with Crippen LogP contribution in [0.25, 0.3) is 16.6 Å². The molecular formula is C12H11N5O3. The van der Waals surface area contributed by atoms with Gasteiger partial charge in [0.05, 0.1) is 26.0 Å². The summed E-state index contributed by atoms with van der Waals surface area (Å²) >= 11 is 0. The molecule has 1 aromatic carbocycles. The molecule has 8 nitrogen and oxygen atoms in total. The van der Waals surface area contributed by atoms with E-state index < -0.39 is 0 Å². The van der Waals surface area contributed by atoms with Crippen LogP contribution in [-0.4, -0.2) is 45.7 Å². The second-order valence-electron chi connectivity index (χ2n) is 4.02. The summed E-state index contributed by atoms with van der Waals surface area (Å²) in [7, 11) is 3.13. The van der Waals surface area contributed by atoms with Crippen LogP contribution >= 0.6 is 0 Å². The van der Waals surface area contributed by atoms with Crippen molar-refractivity contribution in [2.45, 2.75) is 0 Å². The van der Waals surface area contributed by atoms with E-state index in [1.54, 1.807) is 24.8 Å². The molecule has 0 saturated heterocycles. The van der Waals surface area contributed by atoms with Gasteiger partial charge in [0.1, 0.15) is 0 Å². The molecule has 0 spiro atoms. The summed E-state index contributed by atoms with van der Waals surface area (Å²) in [5.74, 6) is 1.18. The van der Waals surface area contributed by atoms with Crippen molar-refractivity contribution in [1.29, 1.82) is 0 Å². The summed E-state index contributed by atoms with van der Waals surface area (Å²) in [6, 6.07) is 5.41. The molecule has 1 N–H and O–H groups in total. The number of nitrogens with zero attached hydrogens (tertiary/aromatic N) is 5. The van der Waals surface area contributed by atoms with Gasteiger partial charge in [-0.3, -0.25) is 0 Å². The van der Waals surface area contributed by atoms with Crippen LogP contribution in [0.3, 0.4) is 0 Å². The van der Waals surface area contributed by atoms with Crippen molar-refractivity contribution >= 4 is 22.8 Å². The summed E-state index contributed by atoms with van der Waals surface area (Å²) in [5.41, 5.74) is 1.84. The third-order valence-corrected chi connectivity index (χ3v) is 3.00. The van der Waals surface area contributed by atoms with E-state index in [2.05, 4.69) is 20.7 Å². The lowest BCUT2D eigenvalue weighted by Gasteiger charge is -2.10. The fourth-order valence-electron chi connectivity index (χ4n) is 2.10. The lowest BCUT2D eigenvalue weighted by molar-refractivity contribution is 0.322. The van der Waals surface area contributed by atoms with Crippen LogP contribution in [0.4, 0.5) is 0 Å². The Labute approximate surface area is 113 Å². The van der Waals surface area contributed by atoms with Crippen molar-refractivity contribution in [2.24, 2.45) is 5.16 Å². The number of ether oxygens (including phenoxy) is 2. The van der Waals surface area contributed by atoms with E-state index in [-0.39, 0.29) is 0 Å². The normalized spacial score (nSPS) is 11.5. The van der Waals surface area contributed by atoms with Crippen LogP contribution in [0.15, 0.2) is 23.4 Å². The number of pyridine rings is 1. The number of aromatic nitrogens is 4. The molecule has 0 aliphatic rings. The number of tetrazole rings is 1. The maximum atomic E-state index is 8.72. The molecule has 3 rings (SSSR count). The minimum absolute atomic E-state index is 0.488. The first kappa shape index (κ1) is 12.2. The van der Waals surface area contributed by atoms with Crippen LogP contribution < -0.4 is 9.47 Å². The minimum Gasteiger partial charge on any atom is -0.493 e. The Morgan fingerprint density at radius 1 is 1.20 bits per heavy atom. The van der Waals surface area contributed by atoms with Gasteiger partial charge in [0, 0.05) is 17.0 Å². The van der Waals surface area contributed by atoms with E-state index in [1.165, 1.54) is 6.21 Å². The van der Waals surface area contributed by atoms with Gasteiger partial charge in [0.15, 0.2) is 17.1 Å². The van der Waals surface area contributed by atoms with Gasteiger partial charge in [0.25, 0.3) is 0 Å². The summed E-state index contributed by atoms with van der Waals surface area (Å²) in [6.45, 7) is 0. The molecule has 0 saturated carbocycles. The number of hydrogen-bond donors (Lipinski definition) is 1. The average molecular weight is 273 g/mol. The molecule has 0 radical (unpaired) electrons. The highest BCUT2D eigenvalue weighted by Crippen LogP contribution is 2.32. The molecule has 0 atom stereocenters. The van der Waals surface area contributed by atoms with Crippen LogP contribution in [0.1, 0.15) is 5.56 Å². The minimum atomic E-state index is 0.488. The number of fused-ring (bicyclic) bond motifs is 3. The molecule has 8 heteroatoms. The molecule has 2 heterocycles. The first-order valence-electron chi connectivity index (χ1n) is 5.72. The Hall–Kier alpha value is -2.90. The molecule has 0 unspecified atom stereocenters. The molecule has 0 bridgehead atoms. The second-order valence-corrected chi connectivity index (χ2v) is 4.02. The highest BCUT2D eigenvalue weighted by Gasteiger charge is 2.13. The smallest absolute Gasteiger partial charge is 0.188 e.